The van der Waals surface area contributed by atoms with E-state index in [-0.39, 0.29) is 43.7 Å². The quantitative estimate of drug-likeness (QED) is 0.0436. The molecule has 13 nitrogen and oxygen atoms in total. The second kappa shape index (κ2) is 30.6. The van der Waals surface area contributed by atoms with E-state index in [1.54, 1.807) is 40.0 Å². The van der Waals surface area contributed by atoms with Crippen LogP contribution in [0.3, 0.4) is 0 Å². The minimum absolute atomic E-state index is 0.00118. The molecule has 4 N–H and O–H groups in total. The molecule has 348 valence electrons. The van der Waals surface area contributed by atoms with Crippen LogP contribution in [0.5, 0.6) is 5.75 Å². The molecular weight excluding hydrogens is 809 g/mol. The molecule has 62 heavy (non-hydrogen) atoms. The predicted molar refractivity (Wildman–Crippen MR) is 246 cm³/mol. The Balaban J connectivity index is 2.00. The Morgan fingerprint density at radius 1 is 0.694 bits per heavy atom. The third kappa shape index (κ3) is 24.8. The molecule has 2 rings (SSSR count). The third-order valence-corrected chi connectivity index (χ3v) is 11.2. The van der Waals surface area contributed by atoms with Crippen molar-refractivity contribution in [1.82, 2.24) is 20.9 Å². The molecule has 4 amide bonds. The standard InChI is InChI=1S/C48H76N4O9S/c1-7-8-9-10-11-12-13-14-15-16-17-18-19-23-33-60-43(54)30-32-52(5)46(57)42(36-37-24-21-20-22-25-37)50-44(55)40(31-34-62(6)59)49-45(56)41(51-47(58)61-48(2,3)4)35-38-26-28-39(53)29-27-38/h20-22,24-29,40-42,53H,7-19,23,30-36H2,1-6H3,(H,49,56)(H,50,55)(H,51,58)/t40-,41+,42+,62?/m1/s1. The average Bonchev–Trinajstić information content (AvgIpc) is 3.22. The van der Waals surface area contributed by atoms with Crippen LogP contribution < -0.4 is 16.0 Å². The van der Waals surface area contributed by atoms with Gasteiger partial charge in [0.05, 0.1) is 13.0 Å². The van der Waals surface area contributed by atoms with Crippen molar-refractivity contribution in [2.75, 3.05) is 32.2 Å². The van der Waals surface area contributed by atoms with Gasteiger partial charge in [-0.05, 0) is 56.9 Å². The number of benzene rings is 2. The summed E-state index contributed by atoms with van der Waals surface area (Å²) in [5, 5.41) is 17.9. The minimum atomic E-state index is -1.32. The van der Waals surface area contributed by atoms with Crippen molar-refractivity contribution >= 4 is 40.6 Å². The SMILES string of the molecule is CCCCCCCCCCCCCCCCOC(=O)CCN(C)C(=O)[C@H](Cc1ccccc1)NC(=O)[C@@H](CCS(C)=O)NC(=O)[C@H](Cc1ccc(O)cc1)NC(=O)OC(C)(C)C. The Bertz CT molecular complexity index is 1640. The van der Waals surface area contributed by atoms with Crippen LogP contribution in [-0.2, 0) is 52.3 Å². The van der Waals surface area contributed by atoms with Gasteiger partial charge in [0, 0.05) is 49.2 Å². The Kier molecular flexibility index (Phi) is 26.5. The van der Waals surface area contributed by atoms with Crippen LogP contribution in [-0.4, -0.2) is 99.9 Å². The molecule has 0 bridgehead atoms. The lowest BCUT2D eigenvalue weighted by atomic mass is 10.0. The van der Waals surface area contributed by atoms with Crippen molar-refractivity contribution in [3.63, 3.8) is 0 Å². The van der Waals surface area contributed by atoms with Gasteiger partial charge in [-0.15, -0.1) is 0 Å². The lowest BCUT2D eigenvalue weighted by Crippen LogP contribution is -2.58. The summed E-state index contributed by atoms with van der Waals surface area (Å²) in [5.74, 6) is -2.14. The van der Waals surface area contributed by atoms with Crippen LogP contribution in [0, 0.1) is 0 Å². The van der Waals surface area contributed by atoms with Gasteiger partial charge < -0.3 is 35.4 Å². The summed E-state index contributed by atoms with van der Waals surface area (Å²) in [7, 11) is 0.236. The molecule has 14 heteroatoms. The van der Waals surface area contributed by atoms with Gasteiger partial charge in [-0.2, -0.15) is 0 Å². The number of carbonyl (C=O) groups excluding carboxylic acids is 5. The Morgan fingerprint density at radius 3 is 1.74 bits per heavy atom. The highest BCUT2D eigenvalue weighted by atomic mass is 32.2. The van der Waals surface area contributed by atoms with E-state index in [0.29, 0.717) is 12.2 Å². The fourth-order valence-corrected chi connectivity index (χ4v) is 7.43. The molecule has 0 fully saturated rings. The summed E-state index contributed by atoms with van der Waals surface area (Å²) >= 11 is 0. The molecule has 0 saturated heterocycles. The van der Waals surface area contributed by atoms with Crippen molar-refractivity contribution in [3.05, 3.63) is 65.7 Å². The molecule has 4 atom stereocenters. The number of carbonyl (C=O) groups is 5. The van der Waals surface area contributed by atoms with Gasteiger partial charge in [0.15, 0.2) is 0 Å². The molecule has 0 radical (unpaired) electrons. The molecule has 0 aliphatic rings. The number of nitrogens with one attached hydrogen (secondary N) is 3. The smallest absolute Gasteiger partial charge is 0.408 e. The highest BCUT2D eigenvalue weighted by Crippen LogP contribution is 2.15. The maximum absolute atomic E-state index is 14.0. The van der Waals surface area contributed by atoms with Gasteiger partial charge in [0.1, 0.15) is 29.5 Å². The number of esters is 1. The van der Waals surface area contributed by atoms with Crippen LogP contribution >= 0.6 is 0 Å². The lowest BCUT2D eigenvalue weighted by Gasteiger charge is -2.28. The maximum Gasteiger partial charge on any atom is 0.408 e. The Morgan fingerprint density at radius 2 is 1.19 bits per heavy atom. The Hall–Kier alpha value is -4.46. The minimum Gasteiger partial charge on any atom is -0.508 e. The summed E-state index contributed by atoms with van der Waals surface area (Å²) < 4.78 is 23.1. The maximum atomic E-state index is 14.0. The molecule has 1 unspecified atom stereocenters. The van der Waals surface area contributed by atoms with Crippen molar-refractivity contribution in [1.29, 1.82) is 0 Å². The number of phenols is 1. The largest absolute Gasteiger partial charge is 0.508 e. The molecule has 2 aromatic carbocycles. The summed E-state index contributed by atoms with van der Waals surface area (Å²) in [5.41, 5.74) is 0.541. The number of amides is 4. The van der Waals surface area contributed by atoms with E-state index in [0.717, 1.165) is 24.8 Å². The zero-order chi connectivity index (χ0) is 45.8. The molecule has 2 aromatic rings. The number of alkyl carbamates (subject to hydrolysis) is 1. The number of nitrogens with zero attached hydrogens (tertiary/aromatic N) is 1. The van der Waals surface area contributed by atoms with Crippen molar-refractivity contribution in [2.24, 2.45) is 0 Å². The molecular formula is C48H76N4O9S. The van der Waals surface area contributed by atoms with Crippen LogP contribution in [0.1, 0.15) is 142 Å². The predicted octanol–water partition coefficient (Wildman–Crippen LogP) is 7.68. The number of hydrogen-bond donors (Lipinski definition) is 4. The van der Waals surface area contributed by atoms with E-state index in [4.69, 9.17) is 9.47 Å². The number of ether oxygens (including phenoxy) is 2. The zero-order valence-corrected chi connectivity index (χ0v) is 39.2. The molecule has 0 aliphatic heterocycles. The second-order valence-corrected chi connectivity index (χ2v) is 18.8. The summed E-state index contributed by atoms with van der Waals surface area (Å²) in [6, 6.07) is 11.8. The summed E-state index contributed by atoms with van der Waals surface area (Å²) in [4.78, 5) is 68.7. The first-order chi connectivity index (χ1) is 29.6. The number of hydrogen-bond acceptors (Lipinski definition) is 9. The number of unbranched alkanes of at least 4 members (excludes halogenated alkanes) is 13. The van der Waals surface area contributed by atoms with Crippen LogP contribution in [0.25, 0.3) is 0 Å². The first kappa shape index (κ1) is 53.7. The van der Waals surface area contributed by atoms with Gasteiger partial charge in [-0.1, -0.05) is 133 Å². The molecule has 0 heterocycles. The first-order valence-electron chi connectivity index (χ1n) is 22.7. The lowest BCUT2D eigenvalue weighted by molar-refractivity contribution is -0.145. The van der Waals surface area contributed by atoms with Crippen molar-refractivity contribution < 1.29 is 42.8 Å². The molecule has 0 saturated carbocycles. The van der Waals surface area contributed by atoms with Gasteiger partial charge in [-0.3, -0.25) is 23.4 Å². The van der Waals surface area contributed by atoms with Crippen molar-refractivity contribution in [2.45, 2.75) is 167 Å². The fraction of sp³-hybridized carbons (Fsp3) is 0.646. The van der Waals surface area contributed by atoms with E-state index < -0.39 is 64.3 Å². The average molecular weight is 885 g/mol. The van der Waals surface area contributed by atoms with Gasteiger partial charge in [0.2, 0.25) is 17.7 Å². The topological polar surface area (TPSA) is 180 Å². The van der Waals surface area contributed by atoms with E-state index in [2.05, 4.69) is 22.9 Å². The fourth-order valence-electron chi connectivity index (χ4n) is 6.86. The highest BCUT2D eigenvalue weighted by molar-refractivity contribution is 7.84. The summed E-state index contributed by atoms with van der Waals surface area (Å²) in [6.45, 7) is 7.71. The van der Waals surface area contributed by atoms with E-state index in [9.17, 15) is 33.3 Å². The highest BCUT2D eigenvalue weighted by Gasteiger charge is 2.32. The Labute approximate surface area is 373 Å². The number of aromatic hydroxyl groups is 1. The number of rotatable bonds is 31. The van der Waals surface area contributed by atoms with Gasteiger partial charge in [0.25, 0.3) is 0 Å². The monoisotopic (exact) mass is 885 g/mol. The van der Waals surface area contributed by atoms with E-state index >= 15 is 0 Å². The van der Waals surface area contributed by atoms with E-state index in [1.807, 2.05) is 30.3 Å². The normalized spacial score (nSPS) is 13.3. The van der Waals surface area contributed by atoms with E-state index in [1.165, 1.54) is 93.9 Å². The molecule has 0 aromatic heterocycles. The van der Waals surface area contributed by atoms with Crippen LogP contribution in [0.4, 0.5) is 4.79 Å². The first-order valence-corrected chi connectivity index (χ1v) is 24.4. The van der Waals surface area contributed by atoms with Crippen LogP contribution in [0.2, 0.25) is 0 Å². The zero-order valence-electron chi connectivity index (χ0n) is 38.3. The van der Waals surface area contributed by atoms with Crippen molar-refractivity contribution in [3.8, 4) is 5.75 Å². The third-order valence-electron chi connectivity index (χ3n) is 10.4. The number of phenolic OH excluding ortho intramolecular Hbond substituents is 1. The van der Waals surface area contributed by atoms with Crippen LogP contribution in [0.15, 0.2) is 54.6 Å². The second-order valence-electron chi connectivity index (χ2n) is 17.3. The molecule has 0 spiro atoms. The summed E-state index contributed by atoms with van der Waals surface area (Å²) in [6.07, 6.45) is 18.1. The number of likely N-dealkylation sites (N-methyl/N-ethyl adjacent to an activating group) is 1. The van der Waals surface area contributed by atoms with Gasteiger partial charge >= 0.3 is 12.1 Å². The van der Waals surface area contributed by atoms with Gasteiger partial charge in [-0.25, -0.2) is 4.79 Å². The molecule has 0 aliphatic carbocycles.